The zero-order valence-corrected chi connectivity index (χ0v) is 10.6. The first-order valence-corrected chi connectivity index (χ1v) is 6.22. The molecule has 0 aliphatic heterocycles. The molecule has 0 atom stereocenters. The van der Waals surface area contributed by atoms with E-state index in [4.69, 9.17) is 5.26 Å². The summed E-state index contributed by atoms with van der Waals surface area (Å²) in [7, 11) is 0. The standard InChI is InChI=1S/C15H17NO2/c1-2-3-4-5-14(17)10-15(18)13-8-6-12(11-16)7-9-13/h6-9H,2-5,10H2,1H3. The van der Waals surface area contributed by atoms with Gasteiger partial charge in [-0.05, 0) is 18.6 Å². The molecule has 18 heavy (non-hydrogen) atoms. The van der Waals surface area contributed by atoms with Crippen LogP contribution in [0.5, 0.6) is 0 Å². The predicted molar refractivity (Wildman–Crippen MR) is 69.3 cm³/mol. The van der Waals surface area contributed by atoms with Crippen LogP contribution in [0.1, 0.15) is 54.9 Å². The molecule has 1 rings (SSSR count). The summed E-state index contributed by atoms with van der Waals surface area (Å²) in [6.07, 6.45) is 3.40. The normalized spacial score (nSPS) is 9.78. The van der Waals surface area contributed by atoms with E-state index in [1.54, 1.807) is 24.3 Å². The smallest absolute Gasteiger partial charge is 0.170 e. The molecule has 0 N–H and O–H groups in total. The van der Waals surface area contributed by atoms with Gasteiger partial charge >= 0.3 is 0 Å². The second kappa shape index (κ2) is 7.39. The van der Waals surface area contributed by atoms with Crippen molar-refractivity contribution >= 4 is 11.6 Å². The van der Waals surface area contributed by atoms with Gasteiger partial charge in [-0.1, -0.05) is 31.9 Å². The van der Waals surface area contributed by atoms with Gasteiger partial charge in [-0.25, -0.2) is 0 Å². The molecule has 0 aliphatic carbocycles. The molecule has 3 heteroatoms. The van der Waals surface area contributed by atoms with Crippen LogP contribution >= 0.6 is 0 Å². The Bertz CT molecular complexity index is 454. The lowest BCUT2D eigenvalue weighted by Gasteiger charge is -2.01. The van der Waals surface area contributed by atoms with E-state index in [0.717, 1.165) is 19.3 Å². The number of hydrogen-bond acceptors (Lipinski definition) is 3. The van der Waals surface area contributed by atoms with Crippen molar-refractivity contribution in [2.24, 2.45) is 0 Å². The summed E-state index contributed by atoms with van der Waals surface area (Å²) in [4.78, 5) is 23.3. The van der Waals surface area contributed by atoms with E-state index in [1.165, 1.54) is 0 Å². The van der Waals surface area contributed by atoms with Crippen LogP contribution in [0.25, 0.3) is 0 Å². The minimum Gasteiger partial charge on any atom is -0.299 e. The monoisotopic (exact) mass is 243 g/mol. The minimum absolute atomic E-state index is 0.00203. The third-order valence-corrected chi connectivity index (χ3v) is 2.75. The fourth-order valence-corrected chi connectivity index (χ4v) is 1.67. The summed E-state index contributed by atoms with van der Waals surface area (Å²) < 4.78 is 0. The third-order valence-electron chi connectivity index (χ3n) is 2.75. The van der Waals surface area contributed by atoms with Crippen LogP contribution in [0.3, 0.4) is 0 Å². The lowest BCUT2D eigenvalue weighted by molar-refractivity contribution is -0.118. The first-order valence-electron chi connectivity index (χ1n) is 6.22. The first kappa shape index (κ1) is 14.1. The summed E-state index contributed by atoms with van der Waals surface area (Å²) in [6.45, 7) is 2.08. The molecule has 0 bridgehead atoms. The van der Waals surface area contributed by atoms with E-state index in [-0.39, 0.29) is 18.0 Å². The van der Waals surface area contributed by atoms with Crippen molar-refractivity contribution in [2.45, 2.75) is 39.0 Å². The number of rotatable bonds is 7. The second-order valence-electron chi connectivity index (χ2n) is 4.28. The van der Waals surface area contributed by atoms with Crippen molar-refractivity contribution in [1.29, 1.82) is 5.26 Å². The van der Waals surface area contributed by atoms with Gasteiger partial charge in [0.25, 0.3) is 0 Å². The highest BCUT2D eigenvalue weighted by atomic mass is 16.1. The van der Waals surface area contributed by atoms with E-state index >= 15 is 0 Å². The Kier molecular flexibility index (Phi) is 5.79. The molecular weight excluding hydrogens is 226 g/mol. The molecule has 0 radical (unpaired) electrons. The van der Waals surface area contributed by atoms with E-state index in [9.17, 15) is 9.59 Å². The Hall–Kier alpha value is -1.95. The third kappa shape index (κ3) is 4.50. The Morgan fingerprint density at radius 1 is 1.17 bits per heavy atom. The molecule has 0 aliphatic rings. The molecule has 0 unspecified atom stereocenters. The van der Waals surface area contributed by atoms with Crippen LogP contribution in [0.4, 0.5) is 0 Å². The van der Waals surface area contributed by atoms with Crippen LogP contribution in [0.2, 0.25) is 0 Å². The number of nitrogens with zero attached hydrogens (tertiary/aromatic N) is 1. The van der Waals surface area contributed by atoms with Gasteiger partial charge in [-0.15, -0.1) is 0 Å². The van der Waals surface area contributed by atoms with Crippen molar-refractivity contribution < 1.29 is 9.59 Å². The van der Waals surface area contributed by atoms with Gasteiger partial charge in [-0.2, -0.15) is 5.26 Å². The highest BCUT2D eigenvalue weighted by molar-refractivity contribution is 6.07. The number of benzene rings is 1. The van der Waals surface area contributed by atoms with Gasteiger partial charge in [0, 0.05) is 12.0 Å². The van der Waals surface area contributed by atoms with Crippen molar-refractivity contribution in [2.75, 3.05) is 0 Å². The van der Waals surface area contributed by atoms with Crippen molar-refractivity contribution in [1.82, 2.24) is 0 Å². The maximum Gasteiger partial charge on any atom is 0.170 e. The molecule has 0 heterocycles. The fourth-order valence-electron chi connectivity index (χ4n) is 1.67. The van der Waals surface area contributed by atoms with Gasteiger partial charge in [0.1, 0.15) is 5.78 Å². The van der Waals surface area contributed by atoms with Gasteiger partial charge in [0.05, 0.1) is 18.1 Å². The van der Waals surface area contributed by atoms with Gasteiger partial charge in [-0.3, -0.25) is 9.59 Å². The summed E-state index contributed by atoms with van der Waals surface area (Å²) in [6, 6.07) is 8.37. The van der Waals surface area contributed by atoms with Crippen LogP contribution < -0.4 is 0 Å². The highest BCUT2D eigenvalue weighted by Crippen LogP contribution is 2.09. The summed E-state index contributed by atoms with van der Waals surface area (Å²) in [5, 5.41) is 8.64. The number of carbonyl (C=O) groups is 2. The van der Waals surface area contributed by atoms with Crippen LogP contribution in [-0.2, 0) is 4.79 Å². The molecule has 0 saturated heterocycles. The molecule has 0 aromatic heterocycles. The molecular formula is C15H17NO2. The summed E-state index contributed by atoms with van der Waals surface area (Å²) in [5.41, 5.74) is 1.01. The Morgan fingerprint density at radius 2 is 1.83 bits per heavy atom. The van der Waals surface area contributed by atoms with Gasteiger partial charge in [0.2, 0.25) is 0 Å². The van der Waals surface area contributed by atoms with Crippen LogP contribution in [0, 0.1) is 11.3 Å². The lowest BCUT2D eigenvalue weighted by atomic mass is 10.0. The number of unbranched alkanes of at least 4 members (excludes halogenated alkanes) is 2. The predicted octanol–water partition coefficient (Wildman–Crippen LogP) is 3.28. The van der Waals surface area contributed by atoms with Crippen molar-refractivity contribution in [3.63, 3.8) is 0 Å². The highest BCUT2D eigenvalue weighted by Gasteiger charge is 2.11. The van der Waals surface area contributed by atoms with E-state index < -0.39 is 0 Å². The number of nitriles is 1. The summed E-state index contributed by atoms with van der Waals surface area (Å²) in [5.74, 6) is -0.168. The quantitative estimate of drug-likeness (QED) is 0.419. The number of ketones is 2. The molecule has 0 amide bonds. The Labute approximate surface area is 107 Å². The van der Waals surface area contributed by atoms with E-state index in [0.29, 0.717) is 17.5 Å². The van der Waals surface area contributed by atoms with Crippen LogP contribution in [-0.4, -0.2) is 11.6 Å². The van der Waals surface area contributed by atoms with Crippen molar-refractivity contribution in [3.8, 4) is 6.07 Å². The maximum atomic E-state index is 11.8. The molecule has 0 spiro atoms. The Balaban J connectivity index is 2.49. The first-order chi connectivity index (χ1) is 8.67. The molecule has 94 valence electrons. The van der Waals surface area contributed by atoms with Gasteiger partial charge < -0.3 is 0 Å². The largest absolute Gasteiger partial charge is 0.299 e. The van der Waals surface area contributed by atoms with E-state index in [1.807, 2.05) is 6.07 Å². The van der Waals surface area contributed by atoms with E-state index in [2.05, 4.69) is 6.92 Å². The average Bonchev–Trinajstić information content (AvgIpc) is 2.39. The fraction of sp³-hybridized carbons (Fsp3) is 0.400. The number of hydrogen-bond donors (Lipinski definition) is 0. The molecule has 1 aromatic rings. The topological polar surface area (TPSA) is 57.9 Å². The zero-order chi connectivity index (χ0) is 13.4. The SMILES string of the molecule is CCCCCC(=O)CC(=O)c1ccc(C#N)cc1. The van der Waals surface area contributed by atoms with Crippen LogP contribution in [0.15, 0.2) is 24.3 Å². The zero-order valence-electron chi connectivity index (χ0n) is 10.6. The van der Waals surface area contributed by atoms with Gasteiger partial charge in [0.15, 0.2) is 5.78 Å². The second-order valence-corrected chi connectivity index (χ2v) is 4.28. The molecule has 3 nitrogen and oxygen atoms in total. The average molecular weight is 243 g/mol. The Morgan fingerprint density at radius 3 is 2.39 bits per heavy atom. The molecule has 1 aromatic carbocycles. The molecule has 0 fully saturated rings. The summed E-state index contributed by atoms with van der Waals surface area (Å²) >= 11 is 0. The maximum absolute atomic E-state index is 11.8. The minimum atomic E-state index is -0.166. The number of Topliss-reactive ketones (excluding diaryl/α,β-unsaturated/α-hetero) is 2. The van der Waals surface area contributed by atoms with Crippen molar-refractivity contribution in [3.05, 3.63) is 35.4 Å². The number of carbonyl (C=O) groups excluding carboxylic acids is 2. The molecule has 0 saturated carbocycles. The lowest BCUT2D eigenvalue weighted by Crippen LogP contribution is -2.08.